The normalized spacial score (nSPS) is 22.2. The molecule has 2 atom stereocenters. The van der Waals surface area contributed by atoms with Gasteiger partial charge in [0.25, 0.3) is 0 Å². The molecule has 0 spiro atoms. The highest BCUT2D eigenvalue weighted by Crippen LogP contribution is 2.38. The molecule has 0 radical (unpaired) electrons. The molecule has 2 amide bonds. The predicted molar refractivity (Wildman–Crippen MR) is 97.2 cm³/mol. The van der Waals surface area contributed by atoms with Crippen LogP contribution in [0.2, 0.25) is 0 Å². The summed E-state index contributed by atoms with van der Waals surface area (Å²) in [6.07, 6.45) is 9.44. The van der Waals surface area contributed by atoms with E-state index in [4.69, 9.17) is 0 Å². The van der Waals surface area contributed by atoms with Crippen molar-refractivity contribution in [2.45, 2.75) is 44.1 Å². The van der Waals surface area contributed by atoms with Crippen molar-refractivity contribution in [1.82, 2.24) is 20.2 Å². The van der Waals surface area contributed by atoms with Gasteiger partial charge >= 0.3 is 6.03 Å². The number of aromatic amines is 1. The zero-order valence-corrected chi connectivity index (χ0v) is 14.5. The Morgan fingerprint density at radius 3 is 2.72 bits per heavy atom. The van der Waals surface area contributed by atoms with Gasteiger partial charge in [-0.15, -0.1) is 0 Å². The number of nitrogens with zero attached hydrogens (tertiary/aromatic N) is 2. The number of nitrogens with one attached hydrogen (secondary N) is 2. The van der Waals surface area contributed by atoms with Crippen LogP contribution in [-0.2, 0) is 0 Å². The van der Waals surface area contributed by atoms with Crippen LogP contribution in [0.25, 0.3) is 0 Å². The fraction of sp³-hybridized carbons (Fsp3) is 0.500. The molecule has 25 heavy (non-hydrogen) atoms. The van der Waals surface area contributed by atoms with Crippen LogP contribution in [0.4, 0.5) is 4.79 Å². The van der Waals surface area contributed by atoms with Crippen LogP contribution in [0.1, 0.15) is 55.5 Å². The molecule has 1 aliphatic carbocycles. The van der Waals surface area contributed by atoms with Crippen LogP contribution in [-0.4, -0.2) is 34.0 Å². The third-order valence-corrected chi connectivity index (χ3v) is 5.67. The summed E-state index contributed by atoms with van der Waals surface area (Å²) in [7, 11) is 0. The van der Waals surface area contributed by atoms with Gasteiger partial charge in [-0.25, -0.2) is 9.78 Å². The van der Waals surface area contributed by atoms with Gasteiger partial charge in [0.05, 0.1) is 6.04 Å². The summed E-state index contributed by atoms with van der Waals surface area (Å²) >= 11 is 0. The summed E-state index contributed by atoms with van der Waals surface area (Å²) in [6, 6.07) is 10.6. The highest BCUT2D eigenvalue weighted by Gasteiger charge is 2.32. The maximum atomic E-state index is 12.9. The Morgan fingerprint density at radius 1 is 1.20 bits per heavy atom. The molecule has 1 aliphatic heterocycles. The molecule has 0 unspecified atom stereocenters. The maximum Gasteiger partial charge on any atom is 0.317 e. The number of amides is 2. The largest absolute Gasteiger partial charge is 0.348 e. The van der Waals surface area contributed by atoms with Crippen molar-refractivity contribution in [2.75, 3.05) is 13.1 Å². The minimum Gasteiger partial charge on any atom is -0.348 e. The van der Waals surface area contributed by atoms with Gasteiger partial charge in [-0.1, -0.05) is 36.8 Å². The summed E-state index contributed by atoms with van der Waals surface area (Å²) < 4.78 is 0. The van der Waals surface area contributed by atoms with Gasteiger partial charge in [-0.2, -0.15) is 0 Å². The number of carbonyl (C=O) groups is 1. The lowest BCUT2D eigenvalue weighted by atomic mass is 9.77. The van der Waals surface area contributed by atoms with Crippen LogP contribution < -0.4 is 5.32 Å². The number of benzene rings is 1. The molecular formula is C20H26N4O. The molecule has 5 heteroatoms. The van der Waals surface area contributed by atoms with Gasteiger partial charge in [0.15, 0.2) is 0 Å². The number of aromatic nitrogens is 2. The van der Waals surface area contributed by atoms with Gasteiger partial charge in [-0.3, -0.25) is 0 Å². The fourth-order valence-electron chi connectivity index (χ4n) is 4.02. The standard InChI is InChI=1S/C20H26N4O/c25-20(24-13-5-10-17(14-24)19-21-11-12-22-19)23-18(16-8-4-9-16)15-6-2-1-3-7-15/h1-3,6-7,11-12,16-18H,4-5,8-10,13-14H2,(H,21,22)(H,23,25)/t17-,18+/m1/s1. The van der Waals surface area contributed by atoms with Gasteiger partial charge < -0.3 is 15.2 Å². The lowest BCUT2D eigenvalue weighted by Crippen LogP contribution is -2.48. The SMILES string of the molecule is O=C(N[C@@H](c1ccccc1)C1CCC1)N1CCC[C@@H](c2ncc[nH]2)C1. The van der Waals surface area contributed by atoms with E-state index in [0.29, 0.717) is 11.8 Å². The second-order valence-electron chi connectivity index (χ2n) is 7.29. The molecule has 0 bridgehead atoms. The highest BCUT2D eigenvalue weighted by atomic mass is 16.2. The van der Waals surface area contributed by atoms with Crippen molar-refractivity contribution in [3.05, 3.63) is 54.1 Å². The van der Waals surface area contributed by atoms with E-state index < -0.39 is 0 Å². The maximum absolute atomic E-state index is 12.9. The van der Waals surface area contributed by atoms with Gasteiger partial charge in [0.2, 0.25) is 0 Å². The summed E-state index contributed by atoms with van der Waals surface area (Å²) in [5.41, 5.74) is 1.22. The van der Waals surface area contributed by atoms with Gasteiger partial charge in [0.1, 0.15) is 5.82 Å². The first kappa shape index (κ1) is 16.2. The number of urea groups is 1. The molecule has 4 rings (SSSR count). The van der Waals surface area contributed by atoms with E-state index in [1.165, 1.54) is 24.8 Å². The Kier molecular flexibility index (Phi) is 4.72. The molecule has 2 aromatic rings. The Labute approximate surface area is 148 Å². The van der Waals surface area contributed by atoms with E-state index in [2.05, 4.69) is 39.6 Å². The molecule has 5 nitrogen and oxygen atoms in total. The number of carbonyl (C=O) groups excluding carboxylic acids is 1. The van der Waals surface area contributed by atoms with Gasteiger partial charge in [0, 0.05) is 31.4 Å². The summed E-state index contributed by atoms with van der Waals surface area (Å²) in [6.45, 7) is 1.57. The first-order chi connectivity index (χ1) is 12.3. The van der Waals surface area contributed by atoms with Crippen LogP contribution in [0, 0.1) is 5.92 Å². The molecule has 2 heterocycles. The van der Waals surface area contributed by atoms with E-state index in [0.717, 1.165) is 31.8 Å². The Bertz CT molecular complexity index is 681. The third-order valence-electron chi connectivity index (χ3n) is 5.67. The number of hydrogen-bond donors (Lipinski definition) is 2. The van der Waals surface area contributed by atoms with Crippen molar-refractivity contribution in [2.24, 2.45) is 5.92 Å². The Morgan fingerprint density at radius 2 is 2.04 bits per heavy atom. The number of imidazole rings is 1. The lowest BCUT2D eigenvalue weighted by molar-refractivity contribution is 0.160. The second-order valence-corrected chi connectivity index (χ2v) is 7.29. The number of piperidine rings is 1. The number of H-pyrrole nitrogens is 1. The molecule has 2 N–H and O–H groups in total. The molecule has 1 aromatic carbocycles. The molecule has 2 aliphatic rings. The van der Waals surface area contributed by atoms with E-state index in [1.54, 1.807) is 6.20 Å². The predicted octanol–water partition coefficient (Wildman–Crippen LogP) is 3.84. The summed E-state index contributed by atoms with van der Waals surface area (Å²) in [5.74, 6) is 1.88. The molecule has 1 saturated carbocycles. The lowest BCUT2D eigenvalue weighted by Gasteiger charge is -2.38. The molecule has 2 fully saturated rings. The molecule has 132 valence electrons. The number of rotatable bonds is 4. The smallest absolute Gasteiger partial charge is 0.317 e. The molecule has 1 aromatic heterocycles. The van der Waals surface area contributed by atoms with Crippen molar-refractivity contribution >= 4 is 6.03 Å². The molecule has 1 saturated heterocycles. The van der Waals surface area contributed by atoms with Crippen LogP contribution in [0.3, 0.4) is 0 Å². The number of hydrogen-bond acceptors (Lipinski definition) is 2. The van der Waals surface area contributed by atoms with Crippen LogP contribution in [0.5, 0.6) is 0 Å². The van der Waals surface area contributed by atoms with Crippen molar-refractivity contribution in [3.63, 3.8) is 0 Å². The average molecular weight is 338 g/mol. The third kappa shape index (κ3) is 3.55. The fourth-order valence-corrected chi connectivity index (χ4v) is 4.02. The zero-order chi connectivity index (χ0) is 17.1. The quantitative estimate of drug-likeness (QED) is 0.890. The second kappa shape index (κ2) is 7.30. The highest BCUT2D eigenvalue weighted by molar-refractivity contribution is 5.75. The summed E-state index contributed by atoms with van der Waals surface area (Å²) in [5, 5.41) is 3.33. The van der Waals surface area contributed by atoms with E-state index in [9.17, 15) is 4.79 Å². The summed E-state index contributed by atoms with van der Waals surface area (Å²) in [4.78, 5) is 22.5. The average Bonchev–Trinajstić information content (AvgIpc) is 3.15. The van der Waals surface area contributed by atoms with Crippen LogP contribution in [0.15, 0.2) is 42.7 Å². The monoisotopic (exact) mass is 338 g/mol. The van der Waals surface area contributed by atoms with Crippen molar-refractivity contribution in [1.29, 1.82) is 0 Å². The Hall–Kier alpha value is -2.30. The van der Waals surface area contributed by atoms with E-state index in [-0.39, 0.29) is 12.1 Å². The van der Waals surface area contributed by atoms with Crippen LogP contribution >= 0.6 is 0 Å². The zero-order valence-electron chi connectivity index (χ0n) is 14.5. The first-order valence-corrected chi connectivity index (χ1v) is 9.41. The van der Waals surface area contributed by atoms with E-state index in [1.807, 2.05) is 17.2 Å². The topological polar surface area (TPSA) is 61.0 Å². The minimum atomic E-state index is 0.0667. The number of likely N-dealkylation sites (tertiary alicyclic amines) is 1. The Balaban J connectivity index is 1.44. The van der Waals surface area contributed by atoms with E-state index >= 15 is 0 Å². The van der Waals surface area contributed by atoms with Crippen molar-refractivity contribution < 1.29 is 4.79 Å². The van der Waals surface area contributed by atoms with Crippen molar-refractivity contribution in [3.8, 4) is 0 Å². The minimum absolute atomic E-state index is 0.0667. The van der Waals surface area contributed by atoms with Gasteiger partial charge in [-0.05, 0) is 37.2 Å². The molecular weight excluding hydrogens is 312 g/mol. The first-order valence-electron chi connectivity index (χ1n) is 9.41.